The van der Waals surface area contributed by atoms with Gasteiger partial charge in [-0.25, -0.2) is 4.79 Å². The highest BCUT2D eigenvalue weighted by molar-refractivity contribution is 5.79. The zero-order valence-electron chi connectivity index (χ0n) is 14.2. The molecule has 1 heterocycles. The fourth-order valence-electron chi connectivity index (χ4n) is 4.25. The minimum absolute atomic E-state index is 0.0916. The van der Waals surface area contributed by atoms with Crippen LogP contribution in [-0.4, -0.2) is 42.0 Å². The van der Waals surface area contributed by atoms with E-state index in [1.807, 2.05) is 4.90 Å². The molecule has 2 aliphatic carbocycles. The molecule has 3 rings (SSSR count). The summed E-state index contributed by atoms with van der Waals surface area (Å²) in [6.07, 6.45) is 12.3. The van der Waals surface area contributed by atoms with Gasteiger partial charge in [0.05, 0.1) is 0 Å². The van der Waals surface area contributed by atoms with Gasteiger partial charge in [0.2, 0.25) is 5.91 Å². The van der Waals surface area contributed by atoms with Crippen LogP contribution in [0.25, 0.3) is 0 Å². The molecular formula is C18H31N3O2. The van der Waals surface area contributed by atoms with E-state index in [9.17, 15) is 9.59 Å². The molecule has 5 nitrogen and oxygen atoms in total. The van der Waals surface area contributed by atoms with Crippen molar-refractivity contribution in [2.75, 3.05) is 13.1 Å². The standard InChI is InChI=1S/C18H31N3O2/c22-17(14-6-2-1-3-7-14)19-16-10-12-21(13-11-16)18(23)20-15-8-4-5-9-15/h14-16H,1-13H2,(H,19,22)(H,20,23). The Kier molecular flexibility index (Phi) is 5.79. The number of hydrogen-bond acceptors (Lipinski definition) is 2. The highest BCUT2D eigenvalue weighted by Gasteiger charge is 2.28. The number of hydrogen-bond donors (Lipinski definition) is 2. The molecule has 3 aliphatic rings. The minimum atomic E-state index is 0.0916. The second-order valence-corrected chi connectivity index (χ2v) is 7.54. The number of carbonyl (C=O) groups is 2. The molecule has 23 heavy (non-hydrogen) atoms. The first-order valence-corrected chi connectivity index (χ1v) is 9.58. The monoisotopic (exact) mass is 321 g/mol. The van der Waals surface area contributed by atoms with Gasteiger partial charge in [0, 0.05) is 31.1 Å². The van der Waals surface area contributed by atoms with Gasteiger partial charge in [0.25, 0.3) is 0 Å². The maximum Gasteiger partial charge on any atom is 0.317 e. The predicted molar refractivity (Wildman–Crippen MR) is 90.1 cm³/mol. The molecule has 2 saturated carbocycles. The average Bonchev–Trinajstić information content (AvgIpc) is 3.09. The van der Waals surface area contributed by atoms with Crippen molar-refractivity contribution in [2.45, 2.75) is 82.7 Å². The first kappa shape index (κ1) is 16.6. The van der Waals surface area contributed by atoms with E-state index in [-0.39, 0.29) is 23.9 Å². The second-order valence-electron chi connectivity index (χ2n) is 7.54. The van der Waals surface area contributed by atoms with Gasteiger partial charge in [-0.05, 0) is 38.5 Å². The Labute approximate surface area is 139 Å². The summed E-state index contributed by atoms with van der Waals surface area (Å²) in [5.41, 5.74) is 0. The molecule has 130 valence electrons. The summed E-state index contributed by atoms with van der Waals surface area (Å²) in [6.45, 7) is 1.52. The number of carbonyl (C=O) groups excluding carboxylic acids is 2. The van der Waals surface area contributed by atoms with Crippen LogP contribution in [0, 0.1) is 5.92 Å². The van der Waals surface area contributed by atoms with Crippen molar-refractivity contribution >= 4 is 11.9 Å². The van der Waals surface area contributed by atoms with Crippen LogP contribution in [0.5, 0.6) is 0 Å². The van der Waals surface area contributed by atoms with Crippen LogP contribution in [-0.2, 0) is 4.79 Å². The third-order valence-corrected chi connectivity index (χ3v) is 5.79. The highest BCUT2D eigenvalue weighted by atomic mass is 16.2. The van der Waals surface area contributed by atoms with E-state index >= 15 is 0 Å². The normalized spacial score (nSPS) is 24.6. The molecule has 0 aromatic rings. The number of nitrogens with zero attached hydrogens (tertiary/aromatic N) is 1. The summed E-state index contributed by atoms with van der Waals surface area (Å²) in [4.78, 5) is 26.5. The van der Waals surface area contributed by atoms with Gasteiger partial charge in [-0.15, -0.1) is 0 Å². The number of piperidine rings is 1. The Morgan fingerprint density at radius 2 is 1.26 bits per heavy atom. The van der Waals surface area contributed by atoms with Gasteiger partial charge in [-0.1, -0.05) is 32.1 Å². The van der Waals surface area contributed by atoms with Crippen LogP contribution < -0.4 is 10.6 Å². The van der Waals surface area contributed by atoms with Crippen molar-refractivity contribution in [3.05, 3.63) is 0 Å². The van der Waals surface area contributed by atoms with Crippen LogP contribution in [0.4, 0.5) is 4.79 Å². The van der Waals surface area contributed by atoms with Crippen molar-refractivity contribution in [3.8, 4) is 0 Å². The summed E-state index contributed by atoms with van der Waals surface area (Å²) < 4.78 is 0. The molecule has 3 fully saturated rings. The highest BCUT2D eigenvalue weighted by Crippen LogP contribution is 2.24. The van der Waals surface area contributed by atoms with Crippen LogP contribution >= 0.6 is 0 Å². The molecule has 1 saturated heterocycles. The molecule has 0 atom stereocenters. The molecule has 0 aromatic heterocycles. The Morgan fingerprint density at radius 1 is 0.696 bits per heavy atom. The molecule has 0 unspecified atom stereocenters. The van der Waals surface area contributed by atoms with Crippen molar-refractivity contribution in [3.63, 3.8) is 0 Å². The van der Waals surface area contributed by atoms with Crippen molar-refractivity contribution in [1.29, 1.82) is 0 Å². The lowest BCUT2D eigenvalue weighted by Crippen LogP contribution is -2.51. The summed E-state index contributed by atoms with van der Waals surface area (Å²) in [6, 6.07) is 0.722. The number of rotatable bonds is 3. The van der Waals surface area contributed by atoms with Gasteiger partial charge in [-0.2, -0.15) is 0 Å². The molecule has 5 heteroatoms. The lowest BCUT2D eigenvalue weighted by molar-refractivity contribution is -0.126. The summed E-state index contributed by atoms with van der Waals surface area (Å²) in [5, 5.41) is 6.38. The first-order chi connectivity index (χ1) is 11.2. The maximum atomic E-state index is 12.3. The van der Waals surface area contributed by atoms with E-state index < -0.39 is 0 Å². The SMILES string of the molecule is O=C(NC1CCN(C(=O)NC2CCCC2)CC1)C1CCCCC1. The zero-order chi connectivity index (χ0) is 16.1. The largest absolute Gasteiger partial charge is 0.353 e. The zero-order valence-corrected chi connectivity index (χ0v) is 14.2. The lowest BCUT2D eigenvalue weighted by Gasteiger charge is -2.34. The summed E-state index contributed by atoms with van der Waals surface area (Å²) in [5.74, 6) is 0.478. The van der Waals surface area contributed by atoms with Crippen LogP contribution in [0.1, 0.15) is 70.6 Å². The molecule has 2 N–H and O–H groups in total. The molecule has 0 radical (unpaired) electrons. The van der Waals surface area contributed by atoms with Gasteiger partial charge >= 0.3 is 6.03 Å². The van der Waals surface area contributed by atoms with E-state index in [1.165, 1.54) is 32.1 Å². The van der Waals surface area contributed by atoms with Gasteiger partial charge in [0.1, 0.15) is 0 Å². The molecule has 3 amide bonds. The molecule has 1 aliphatic heterocycles. The van der Waals surface area contributed by atoms with Gasteiger partial charge in [0.15, 0.2) is 0 Å². The minimum Gasteiger partial charge on any atom is -0.353 e. The van der Waals surface area contributed by atoms with Gasteiger partial charge < -0.3 is 15.5 Å². The Hall–Kier alpha value is -1.26. The number of urea groups is 1. The van der Waals surface area contributed by atoms with Crippen molar-refractivity contribution in [1.82, 2.24) is 15.5 Å². The Bertz CT molecular complexity index is 406. The summed E-state index contributed by atoms with van der Waals surface area (Å²) in [7, 11) is 0. The number of likely N-dealkylation sites (tertiary alicyclic amines) is 1. The number of nitrogens with one attached hydrogen (secondary N) is 2. The van der Waals surface area contributed by atoms with Gasteiger partial charge in [-0.3, -0.25) is 4.79 Å². The van der Waals surface area contributed by atoms with E-state index in [1.54, 1.807) is 0 Å². The van der Waals surface area contributed by atoms with Crippen LogP contribution in [0.3, 0.4) is 0 Å². The van der Waals surface area contributed by atoms with E-state index in [4.69, 9.17) is 0 Å². The average molecular weight is 321 g/mol. The quantitative estimate of drug-likeness (QED) is 0.839. The molecule has 0 spiro atoms. The Balaban J connectivity index is 1.37. The van der Waals surface area contributed by atoms with E-state index in [0.29, 0.717) is 6.04 Å². The Morgan fingerprint density at radius 3 is 1.91 bits per heavy atom. The van der Waals surface area contributed by atoms with E-state index in [0.717, 1.165) is 51.6 Å². The first-order valence-electron chi connectivity index (χ1n) is 9.58. The van der Waals surface area contributed by atoms with Crippen LogP contribution in [0.15, 0.2) is 0 Å². The van der Waals surface area contributed by atoms with E-state index in [2.05, 4.69) is 10.6 Å². The predicted octanol–water partition coefficient (Wildman–Crippen LogP) is 2.80. The topological polar surface area (TPSA) is 61.4 Å². The molecular weight excluding hydrogens is 290 g/mol. The smallest absolute Gasteiger partial charge is 0.317 e. The molecule has 0 bridgehead atoms. The van der Waals surface area contributed by atoms with Crippen molar-refractivity contribution < 1.29 is 9.59 Å². The lowest BCUT2D eigenvalue weighted by atomic mass is 9.88. The number of amides is 3. The van der Waals surface area contributed by atoms with Crippen molar-refractivity contribution in [2.24, 2.45) is 5.92 Å². The maximum absolute atomic E-state index is 12.3. The third kappa shape index (κ3) is 4.61. The van der Waals surface area contributed by atoms with Crippen LogP contribution in [0.2, 0.25) is 0 Å². The third-order valence-electron chi connectivity index (χ3n) is 5.79. The summed E-state index contributed by atoms with van der Waals surface area (Å²) >= 11 is 0. The fraction of sp³-hybridized carbons (Fsp3) is 0.889. The molecule has 0 aromatic carbocycles. The fourth-order valence-corrected chi connectivity index (χ4v) is 4.25. The second kappa shape index (κ2) is 8.02.